The average Bonchev–Trinajstić information content (AvgIpc) is 2.88. The highest BCUT2D eigenvalue weighted by Crippen LogP contribution is 2.37. The Bertz CT molecular complexity index is 641. The van der Waals surface area contributed by atoms with E-state index in [2.05, 4.69) is 4.90 Å². The first kappa shape index (κ1) is 15.3. The fourth-order valence-corrected chi connectivity index (χ4v) is 4.20. The summed E-state index contributed by atoms with van der Waals surface area (Å²) in [5.41, 5.74) is 3.18. The molecule has 116 valence electrons. The first-order chi connectivity index (χ1) is 10.6. The molecule has 0 bridgehead atoms. The fourth-order valence-electron chi connectivity index (χ4n) is 3.18. The Morgan fingerprint density at radius 1 is 1.41 bits per heavy atom. The van der Waals surface area contributed by atoms with E-state index in [1.54, 1.807) is 6.08 Å². The minimum atomic E-state index is -0.409. The van der Waals surface area contributed by atoms with Gasteiger partial charge in [0, 0.05) is 18.3 Å². The van der Waals surface area contributed by atoms with Crippen LogP contribution in [-0.2, 0) is 14.3 Å². The van der Waals surface area contributed by atoms with Gasteiger partial charge in [-0.2, -0.15) is 0 Å². The summed E-state index contributed by atoms with van der Waals surface area (Å²) in [5.74, 6) is -0.245. The molecule has 2 aliphatic heterocycles. The van der Waals surface area contributed by atoms with Gasteiger partial charge in [0.05, 0.1) is 7.11 Å². The molecule has 0 amide bonds. The maximum absolute atomic E-state index is 12.4. The van der Waals surface area contributed by atoms with Crippen molar-refractivity contribution >= 4 is 22.8 Å². The molecule has 4 nitrogen and oxygen atoms in total. The number of benzene rings is 1. The van der Waals surface area contributed by atoms with Crippen LogP contribution in [0.3, 0.4) is 0 Å². The maximum atomic E-state index is 12.4. The van der Waals surface area contributed by atoms with Crippen molar-refractivity contribution in [2.24, 2.45) is 0 Å². The number of hydrogen-bond donors (Lipinski definition) is 0. The fraction of sp³-hybridized carbons (Fsp3) is 0.412. The van der Waals surface area contributed by atoms with Crippen LogP contribution in [0.5, 0.6) is 0 Å². The molecule has 1 aromatic rings. The molecule has 0 radical (unpaired) electrons. The first-order valence-electron chi connectivity index (χ1n) is 7.38. The third kappa shape index (κ3) is 2.83. The summed E-state index contributed by atoms with van der Waals surface area (Å²) in [6.45, 7) is 3.44. The molecule has 1 fully saturated rings. The number of esters is 1. The zero-order chi connectivity index (χ0) is 15.7. The van der Waals surface area contributed by atoms with Crippen LogP contribution in [0, 0.1) is 6.92 Å². The summed E-state index contributed by atoms with van der Waals surface area (Å²) >= 11 is 1.40. The van der Waals surface area contributed by atoms with Gasteiger partial charge in [0.1, 0.15) is 6.04 Å². The third-order valence-corrected chi connectivity index (χ3v) is 5.49. The van der Waals surface area contributed by atoms with Gasteiger partial charge >= 0.3 is 5.97 Å². The van der Waals surface area contributed by atoms with Crippen molar-refractivity contribution in [2.75, 3.05) is 20.2 Å². The second-order valence-electron chi connectivity index (χ2n) is 5.69. The van der Waals surface area contributed by atoms with Crippen LogP contribution in [0.4, 0.5) is 0 Å². The lowest BCUT2D eigenvalue weighted by Gasteiger charge is -2.36. The normalized spacial score (nSPS) is 22.9. The van der Waals surface area contributed by atoms with E-state index in [-0.39, 0.29) is 11.1 Å². The number of methoxy groups -OCH3 is 1. The summed E-state index contributed by atoms with van der Waals surface area (Å²) in [6.07, 6.45) is 2.62. The van der Waals surface area contributed by atoms with E-state index in [0.717, 1.165) is 29.7 Å². The number of fused-ring (bicyclic) bond motifs is 1. The second kappa shape index (κ2) is 6.26. The molecule has 0 N–H and O–H groups in total. The summed E-state index contributed by atoms with van der Waals surface area (Å²) < 4.78 is 5.04. The maximum Gasteiger partial charge on any atom is 0.327 e. The molecule has 1 unspecified atom stereocenters. The van der Waals surface area contributed by atoms with Gasteiger partial charge in [-0.3, -0.25) is 9.69 Å². The number of ether oxygens (including phenoxy) is 1. The van der Waals surface area contributed by atoms with E-state index in [1.165, 1.54) is 18.9 Å². The van der Waals surface area contributed by atoms with Crippen LogP contribution in [-0.4, -0.2) is 41.4 Å². The van der Waals surface area contributed by atoms with Crippen molar-refractivity contribution in [3.63, 3.8) is 0 Å². The van der Waals surface area contributed by atoms with Crippen molar-refractivity contribution in [1.29, 1.82) is 0 Å². The summed E-state index contributed by atoms with van der Waals surface area (Å²) in [6, 6.07) is 7.49. The summed E-state index contributed by atoms with van der Waals surface area (Å²) in [4.78, 5) is 26.1. The van der Waals surface area contributed by atoms with Crippen LogP contribution in [0.25, 0.3) is 0 Å². The largest absolute Gasteiger partial charge is 0.468 e. The Kier molecular flexibility index (Phi) is 4.36. The molecule has 2 atom stereocenters. The van der Waals surface area contributed by atoms with E-state index in [0.29, 0.717) is 11.8 Å². The van der Waals surface area contributed by atoms with Gasteiger partial charge in [0.15, 0.2) is 0 Å². The second-order valence-corrected chi connectivity index (χ2v) is 6.89. The van der Waals surface area contributed by atoms with Crippen molar-refractivity contribution in [1.82, 2.24) is 4.90 Å². The van der Waals surface area contributed by atoms with E-state index in [4.69, 9.17) is 4.74 Å². The SMILES string of the molecule is COC(=O)[C@H](c1ccccc1C)N1CCC2SC(=O)C=C2C1. The van der Waals surface area contributed by atoms with Gasteiger partial charge in [-0.1, -0.05) is 36.0 Å². The molecule has 0 spiro atoms. The Morgan fingerprint density at radius 3 is 2.91 bits per heavy atom. The van der Waals surface area contributed by atoms with Crippen LogP contribution >= 0.6 is 11.8 Å². The smallest absolute Gasteiger partial charge is 0.327 e. The lowest BCUT2D eigenvalue weighted by atomic mass is 9.96. The molecular formula is C17H19NO3S. The number of rotatable bonds is 3. The zero-order valence-corrected chi connectivity index (χ0v) is 13.6. The molecule has 0 aliphatic carbocycles. The number of piperidine rings is 1. The Balaban J connectivity index is 1.91. The number of thioether (sulfide) groups is 1. The van der Waals surface area contributed by atoms with Crippen LogP contribution in [0.15, 0.2) is 35.9 Å². The summed E-state index contributed by atoms with van der Waals surface area (Å²) in [5, 5.41) is 0.422. The Labute approximate surface area is 134 Å². The summed E-state index contributed by atoms with van der Waals surface area (Å²) in [7, 11) is 1.43. The lowest BCUT2D eigenvalue weighted by Crippen LogP contribution is -2.42. The Morgan fingerprint density at radius 2 is 2.18 bits per heavy atom. The Hall–Kier alpha value is -1.59. The monoisotopic (exact) mass is 317 g/mol. The molecular weight excluding hydrogens is 298 g/mol. The molecule has 1 aromatic carbocycles. The molecule has 2 heterocycles. The van der Waals surface area contributed by atoms with E-state index in [9.17, 15) is 9.59 Å². The molecule has 2 aliphatic rings. The van der Waals surface area contributed by atoms with Crippen LogP contribution in [0.2, 0.25) is 0 Å². The molecule has 0 aromatic heterocycles. The number of hydrogen-bond acceptors (Lipinski definition) is 5. The van der Waals surface area contributed by atoms with E-state index in [1.807, 2.05) is 31.2 Å². The van der Waals surface area contributed by atoms with Crippen LogP contribution in [0.1, 0.15) is 23.6 Å². The number of carbonyl (C=O) groups excluding carboxylic acids is 2. The minimum Gasteiger partial charge on any atom is -0.468 e. The molecule has 5 heteroatoms. The number of carbonyl (C=O) groups is 2. The molecule has 3 rings (SSSR count). The predicted molar refractivity (Wildman–Crippen MR) is 86.6 cm³/mol. The predicted octanol–water partition coefficient (Wildman–Crippen LogP) is 2.48. The molecule has 0 saturated carbocycles. The number of likely N-dealkylation sites (tertiary alicyclic amines) is 1. The number of aryl methyl sites for hydroxylation is 1. The van der Waals surface area contributed by atoms with Gasteiger partial charge in [-0.15, -0.1) is 0 Å². The van der Waals surface area contributed by atoms with E-state index >= 15 is 0 Å². The van der Waals surface area contributed by atoms with Crippen molar-refractivity contribution in [3.05, 3.63) is 47.0 Å². The van der Waals surface area contributed by atoms with Gasteiger partial charge in [-0.05, 0) is 36.1 Å². The average molecular weight is 317 g/mol. The highest BCUT2D eigenvalue weighted by Gasteiger charge is 2.37. The van der Waals surface area contributed by atoms with E-state index < -0.39 is 6.04 Å². The zero-order valence-electron chi connectivity index (χ0n) is 12.7. The molecule has 1 saturated heterocycles. The highest BCUT2D eigenvalue weighted by molar-refractivity contribution is 8.15. The number of nitrogens with zero attached hydrogens (tertiary/aromatic N) is 1. The quantitative estimate of drug-likeness (QED) is 0.802. The highest BCUT2D eigenvalue weighted by atomic mass is 32.2. The minimum absolute atomic E-state index is 0.132. The van der Waals surface area contributed by atoms with Crippen molar-refractivity contribution in [2.45, 2.75) is 24.6 Å². The van der Waals surface area contributed by atoms with Gasteiger partial charge in [0.25, 0.3) is 0 Å². The van der Waals surface area contributed by atoms with Crippen molar-refractivity contribution in [3.8, 4) is 0 Å². The standard InChI is InChI=1S/C17H19NO3S/c1-11-5-3-4-6-13(11)16(17(20)21-2)18-8-7-14-12(10-18)9-15(19)22-14/h3-6,9,14,16H,7-8,10H2,1-2H3/t14?,16-/m0/s1. The van der Waals surface area contributed by atoms with Gasteiger partial charge in [0.2, 0.25) is 5.12 Å². The van der Waals surface area contributed by atoms with Gasteiger partial charge < -0.3 is 4.74 Å². The molecule has 22 heavy (non-hydrogen) atoms. The lowest BCUT2D eigenvalue weighted by molar-refractivity contribution is -0.147. The van der Waals surface area contributed by atoms with Crippen LogP contribution < -0.4 is 0 Å². The topological polar surface area (TPSA) is 46.6 Å². The first-order valence-corrected chi connectivity index (χ1v) is 8.26. The van der Waals surface area contributed by atoms with Crippen molar-refractivity contribution < 1.29 is 14.3 Å². The van der Waals surface area contributed by atoms with Gasteiger partial charge in [-0.25, -0.2) is 4.79 Å². The third-order valence-electron chi connectivity index (χ3n) is 4.31.